The van der Waals surface area contributed by atoms with Crippen LogP contribution in [0.15, 0.2) is 30.0 Å². The van der Waals surface area contributed by atoms with Crippen molar-refractivity contribution in [2.24, 2.45) is 0 Å². The highest BCUT2D eigenvalue weighted by atomic mass is 16.4. The normalized spacial score (nSPS) is 8.78. The summed E-state index contributed by atoms with van der Waals surface area (Å²) in [7, 11) is 0. The second kappa shape index (κ2) is 5.92. The van der Waals surface area contributed by atoms with E-state index >= 15 is 0 Å². The van der Waals surface area contributed by atoms with Crippen LogP contribution in [0.5, 0.6) is 5.75 Å². The fraction of sp³-hybridized carbons (Fsp3) is 0.0833. The molecular weight excluding hydrogens is 234 g/mol. The zero-order chi connectivity index (χ0) is 13.5. The molecule has 0 amide bonds. The molecule has 18 heavy (non-hydrogen) atoms. The first kappa shape index (κ1) is 13.1. The number of hydrogen-bond donors (Lipinski definition) is 3. The molecule has 1 rings (SSSR count). The molecule has 0 unspecified atom stereocenters. The Balaban J connectivity index is 2.96. The third kappa shape index (κ3) is 3.54. The van der Waals surface area contributed by atoms with Gasteiger partial charge >= 0.3 is 5.97 Å². The van der Waals surface area contributed by atoms with E-state index in [4.69, 9.17) is 15.6 Å². The average Bonchev–Trinajstić information content (AvgIpc) is 2.33. The molecule has 0 aliphatic carbocycles. The van der Waals surface area contributed by atoms with Crippen molar-refractivity contribution in [1.82, 2.24) is 0 Å². The van der Waals surface area contributed by atoms with Crippen LogP contribution in [-0.4, -0.2) is 16.2 Å². The summed E-state index contributed by atoms with van der Waals surface area (Å²) in [6.45, 7) is 0. The van der Waals surface area contributed by atoms with E-state index in [1.54, 1.807) is 12.1 Å². The van der Waals surface area contributed by atoms with Gasteiger partial charge in [-0.05, 0) is 17.7 Å². The number of carboxylic acids is 1. The van der Waals surface area contributed by atoms with Crippen LogP contribution in [0.25, 0.3) is 0 Å². The van der Waals surface area contributed by atoms with Crippen molar-refractivity contribution in [2.45, 2.75) is 6.42 Å². The number of nitrogens with one attached hydrogen (secondary N) is 1. The highest BCUT2D eigenvalue weighted by Crippen LogP contribution is 2.24. The minimum Gasteiger partial charge on any atom is -0.506 e. The minimum absolute atomic E-state index is 0.101. The molecule has 0 saturated heterocycles. The predicted molar refractivity (Wildman–Crippen MR) is 62.4 cm³/mol. The molecule has 0 aliphatic rings. The molecule has 3 N–H and O–H groups in total. The Morgan fingerprint density at radius 1 is 1.39 bits per heavy atom. The number of aromatic hydroxyl groups is 1. The number of anilines is 1. The largest absolute Gasteiger partial charge is 0.506 e. The summed E-state index contributed by atoms with van der Waals surface area (Å²) in [5.74, 6) is -1.09. The Morgan fingerprint density at radius 2 is 2.06 bits per heavy atom. The first-order valence-electron chi connectivity index (χ1n) is 4.87. The lowest BCUT2D eigenvalue weighted by atomic mass is 10.1. The third-order valence-corrected chi connectivity index (χ3v) is 2.03. The van der Waals surface area contributed by atoms with Crippen LogP contribution in [0.1, 0.15) is 5.56 Å². The summed E-state index contributed by atoms with van der Waals surface area (Å²) < 4.78 is 0. The Hall–Kier alpha value is -2.99. The van der Waals surface area contributed by atoms with E-state index in [0.29, 0.717) is 5.56 Å². The molecule has 0 spiro atoms. The second-order valence-corrected chi connectivity index (χ2v) is 3.35. The Kier molecular flexibility index (Phi) is 4.30. The van der Waals surface area contributed by atoms with Crippen LogP contribution in [0.3, 0.4) is 0 Å². The molecule has 6 nitrogen and oxygen atoms in total. The van der Waals surface area contributed by atoms with E-state index in [-0.39, 0.29) is 23.4 Å². The molecule has 0 atom stereocenters. The van der Waals surface area contributed by atoms with E-state index < -0.39 is 5.97 Å². The van der Waals surface area contributed by atoms with Gasteiger partial charge in [0.2, 0.25) is 0 Å². The number of hydrogen-bond acceptors (Lipinski definition) is 5. The molecule has 1 aromatic rings. The van der Waals surface area contributed by atoms with Crippen molar-refractivity contribution in [2.75, 3.05) is 5.32 Å². The standard InChI is InChI=1S/C12H9N3O3/c13-5-9(6-14)7-15-10-3-8(4-12(17)18)1-2-11(10)16/h1-3,7,15-16H,4H2,(H,17,18). The summed E-state index contributed by atoms with van der Waals surface area (Å²) in [5, 5.41) is 37.8. The van der Waals surface area contributed by atoms with Crippen LogP contribution in [-0.2, 0) is 11.2 Å². The maximum absolute atomic E-state index is 10.5. The maximum atomic E-state index is 10.5. The van der Waals surface area contributed by atoms with Gasteiger partial charge in [-0.3, -0.25) is 4.79 Å². The van der Waals surface area contributed by atoms with E-state index in [2.05, 4.69) is 5.32 Å². The summed E-state index contributed by atoms with van der Waals surface area (Å²) in [4.78, 5) is 10.5. The molecule has 0 aromatic heterocycles. The smallest absolute Gasteiger partial charge is 0.307 e. The van der Waals surface area contributed by atoms with Crippen molar-refractivity contribution in [3.63, 3.8) is 0 Å². The van der Waals surface area contributed by atoms with Crippen molar-refractivity contribution >= 4 is 11.7 Å². The number of rotatable bonds is 4. The summed E-state index contributed by atoms with van der Waals surface area (Å²) in [5.41, 5.74) is 0.571. The number of phenols is 1. The van der Waals surface area contributed by atoms with E-state index in [1.165, 1.54) is 18.2 Å². The average molecular weight is 243 g/mol. The van der Waals surface area contributed by atoms with Gasteiger partial charge in [-0.1, -0.05) is 6.07 Å². The molecule has 0 aliphatic heterocycles. The fourth-order valence-corrected chi connectivity index (χ4v) is 1.22. The van der Waals surface area contributed by atoms with Crippen molar-refractivity contribution in [1.29, 1.82) is 10.5 Å². The SMILES string of the molecule is N#CC(C#N)=CNc1cc(CC(=O)O)ccc1O. The molecule has 90 valence electrons. The van der Waals surface area contributed by atoms with Crippen molar-refractivity contribution in [3.05, 3.63) is 35.5 Å². The number of allylic oxidation sites excluding steroid dienone is 1. The Morgan fingerprint density at radius 3 is 2.61 bits per heavy atom. The lowest BCUT2D eigenvalue weighted by Crippen LogP contribution is -2.00. The highest BCUT2D eigenvalue weighted by molar-refractivity contribution is 5.71. The fourth-order valence-electron chi connectivity index (χ4n) is 1.22. The maximum Gasteiger partial charge on any atom is 0.307 e. The Labute approximate surface area is 103 Å². The van der Waals surface area contributed by atoms with Crippen LogP contribution >= 0.6 is 0 Å². The zero-order valence-electron chi connectivity index (χ0n) is 9.21. The lowest BCUT2D eigenvalue weighted by molar-refractivity contribution is -0.136. The van der Waals surface area contributed by atoms with Crippen molar-refractivity contribution < 1.29 is 15.0 Å². The van der Waals surface area contributed by atoms with Gasteiger partial charge in [-0.2, -0.15) is 10.5 Å². The Bertz CT molecular complexity index is 563. The number of benzene rings is 1. The van der Waals surface area contributed by atoms with Gasteiger partial charge in [0.1, 0.15) is 23.5 Å². The van der Waals surface area contributed by atoms with Gasteiger partial charge in [0, 0.05) is 6.20 Å². The van der Waals surface area contributed by atoms with Crippen LogP contribution in [0.2, 0.25) is 0 Å². The zero-order valence-corrected chi connectivity index (χ0v) is 9.21. The van der Waals surface area contributed by atoms with Gasteiger partial charge < -0.3 is 15.5 Å². The molecular formula is C12H9N3O3. The first-order valence-corrected chi connectivity index (χ1v) is 4.87. The quantitative estimate of drug-likeness (QED) is 0.543. The number of carboxylic acid groups (broad SMARTS) is 1. The molecule has 0 bridgehead atoms. The van der Waals surface area contributed by atoms with Crippen LogP contribution in [0, 0.1) is 22.7 Å². The highest BCUT2D eigenvalue weighted by Gasteiger charge is 2.05. The van der Waals surface area contributed by atoms with Gasteiger partial charge in [-0.15, -0.1) is 0 Å². The summed E-state index contributed by atoms with van der Waals surface area (Å²) in [6, 6.07) is 7.56. The second-order valence-electron chi connectivity index (χ2n) is 3.35. The van der Waals surface area contributed by atoms with Gasteiger partial charge in [0.25, 0.3) is 0 Å². The van der Waals surface area contributed by atoms with E-state index in [1.807, 2.05) is 0 Å². The topological polar surface area (TPSA) is 117 Å². The molecule has 6 heteroatoms. The summed E-state index contributed by atoms with van der Waals surface area (Å²) >= 11 is 0. The molecule has 0 radical (unpaired) electrons. The number of nitriles is 2. The number of aliphatic carboxylic acids is 1. The summed E-state index contributed by atoms with van der Waals surface area (Å²) in [6.07, 6.45) is 0.960. The number of nitrogens with zero attached hydrogens (tertiary/aromatic N) is 2. The van der Waals surface area contributed by atoms with Gasteiger partial charge in [-0.25, -0.2) is 0 Å². The minimum atomic E-state index is -0.989. The van der Waals surface area contributed by atoms with Gasteiger partial charge in [0.05, 0.1) is 12.1 Å². The number of carbonyl (C=O) groups is 1. The molecule has 0 fully saturated rings. The molecule has 0 saturated carbocycles. The van der Waals surface area contributed by atoms with Crippen LogP contribution < -0.4 is 5.32 Å². The van der Waals surface area contributed by atoms with E-state index in [0.717, 1.165) is 6.20 Å². The third-order valence-electron chi connectivity index (χ3n) is 2.03. The predicted octanol–water partition coefficient (Wildman–Crippen LogP) is 1.36. The van der Waals surface area contributed by atoms with E-state index in [9.17, 15) is 9.90 Å². The lowest BCUT2D eigenvalue weighted by Gasteiger charge is -2.06. The first-order chi connectivity index (χ1) is 8.56. The van der Waals surface area contributed by atoms with Crippen molar-refractivity contribution in [3.8, 4) is 17.9 Å². The number of phenolic OH excluding ortho intramolecular Hbond substituents is 1. The molecule has 1 aromatic carbocycles. The van der Waals surface area contributed by atoms with Crippen LogP contribution in [0.4, 0.5) is 5.69 Å². The van der Waals surface area contributed by atoms with Gasteiger partial charge in [0.15, 0.2) is 0 Å². The monoisotopic (exact) mass is 243 g/mol. The molecule has 0 heterocycles.